The molecule has 0 atom stereocenters. The predicted molar refractivity (Wildman–Crippen MR) is 109 cm³/mol. The van der Waals surface area contributed by atoms with Crippen molar-refractivity contribution in [3.05, 3.63) is 58.6 Å². The maximum absolute atomic E-state index is 12.5. The number of hydrogen-bond donors (Lipinski definition) is 2. The Balaban J connectivity index is 1.99. The van der Waals surface area contributed by atoms with Crippen LogP contribution in [0, 0.1) is 5.92 Å². The summed E-state index contributed by atoms with van der Waals surface area (Å²) in [5, 5.41) is 5.92. The van der Waals surface area contributed by atoms with Gasteiger partial charge in [-0.2, -0.15) is 0 Å². The predicted octanol–water partition coefficient (Wildman–Crippen LogP) is 5.00. The van der Waals surface area contributed by atoms with E-state index in [0.717, 1.165) is 16.6 Å². The van der Waals surface area contributed by atoms with Crippen LogP contribution in [0.1, 0.15) is 30.6 Å². The number of anilines is 1. The van der Waals surface area contributed by atoms with Gasteiger partial charge in [-0.3, -0.25) is 10.1 Å². The van der Waals surface area contributed by atoms with E-state index in [1.54, 1.807) is 18.2 Å². The number of amides is 1. The van der Waals surface area contributed by atoms with Crippen molar-refractivity contribution in [2.24, 2.45) is 5.92 Å². The summed E-state index contributed by atoms with van der Waals surface area (Å²) in [6.45, 7) is 4.84. The number of carbonyl (C=O) groups is 1. The van der Waals surface area contributed by atoms with E-state index >= 15 is 0 Å². The molecule has 0 spiro atoms. The number of thiocarbonyl (C=S) groups is 1. The lowest BCUT2D eigenvalue weighted by molar-refractivity contribution is 0.0973. The summed E-state index contributed by atoms with van der Waals surface area (Å²) >= 11 is 8.62. The normalized spacial score (nSPS) is 10.4. The molecule has 0 aliphatic rings. The van der Waals surface area contributed by atoms with Crippen molar-refractivity contribution in [3.63, 3.8) is 0 Å². The van der Waals surface area contributed by atoms with Gasteiger partial charge in [-0.15, -0.1) is 0 Å². The standard InChI is InChI=1S/C19H21BrN2O2S/c1-13(2)10-11-24-17-9-4-3-8-16(17)18(23)22-19(25)21-15-7-5-6-14(20)12-15/h3-9,12-13H,10-11H2,1-2H3,(H2,21,22,23,25). The average Bonchev–Trinajstić information content (AvgIpc) is 2.54. The first-order valence-corrected chi connectivity index (χ1v) is 9.25. The van der Waals surface area contributed by atoms with Crippen LogP contribution in [-0.4, -0.2) is 17.6 Å². The number of benzene rings is 2. The van der Waals surface area contributed by atoms with Crippen molar-refractivity contribution >= 4 is 44.9 Å². The van der Waals surface area contributed by atoms with Crippen LogP contribution in [0.2, 0.25) is 0 Å². The Morgan fingerprint density at radius 1 is 1.20 bits per heavy atom. The highest BCUT2D eigenvalue weighted by atomic mass is 79.9. The molecule has 132 valence electrons. The molecule has 1 amide bonds. The van der Waals surface area contributed by atoms with E-state index < -0.39 is 0 Å². The molecule has 2 rings (SSSR count). The van der Waals surface area contributed by atoms with E-state index in [1.165, 1.54) is 0 Å². The Hall–Kier alpha value is -1.92. The van der Waals surface area contributed by atoms with Gasteiger partial charge in [0.1, 0.15) is 5.75 Å². The first-order chi connectivity index (χ1) is 12.0. The number of carbonyl (C=O) groups excluding carboxylic acids is 1. The van der Waals surface area contributed by atoms with Gasteiger partial charge in [-0.1, -0.05) is 48.0 Å². The van der Waals surface area contributed by atoms with Gasteiger partial charge in [-0.05, 0) is 54.9 Å². The minimum absolute atomic E-state index is 0.236. The number of ether oxygens (including phenoxy) is 1. The molecule has 0 bridgehead atoms. The van der Waals surface area contributed by atoms with Crippen LogP contribution < -0.4 is 15.4 Å². The second kappa shape index (κ2) is 9.53. The lowest BCUT2D eigenvalue weighted by Gasteiger charge is -2.13. The molecular weight excluding hydrogens is 400 g/mol. The van der Waals surface area contributed by atoms with E-state index in [1.807, 2.05) is 30.3 Å². The second-order valence-corrected chi connectivity index (χ2v) is 7.27. The molecule has 2 N–H and O–H groups in total. The van der Waals surface area contributed by atoms with Gasteiger partial charge < -0.3 is 10.1 Å². The number of para-hydroxylation sites is 1. The van der Waals surface area contributed by atoms with E-state index in [-0.39, 0.29) is 11.0 Å². The van der Waals surface area contributed by atoms with Gasteiger partial charge in [0.15, 0.2) is 5.11 Å². The molecule has 2 aromatic rings. The quantitative estimate of drug-likeness (QED) is 0.645. The van der Waals surface area contributed by atoms with Crippen LogP contribution in [0.3, 0.4) is 0 Å². The van der Waals surface area contributed by atoms with E-state index in [2.05, 4.69) is 40.4 Å². The fourth-order valence-electron chi connectivity index (χ4n) is 2.08. The van der Waals surface area contributed by atoms with Gasteiger partial charge in [0.25, 0.3) is 5.91 Å². The largest absolute Gasteiger partial charge is 0.493 e. The van der Waals surface area contributed by atoms with Crippen molar-refractivity contribution < 1.29 is 9.53 Å². The van der Waals surface area contributed by atoms with Crippen LogP contribution in [0.15, 0.2) is 53.0 Å². The van der Waals surface area contributed by atoms with E-state index in [4.69, 9.17) is 17.0 Å². The molecule has 0 fully saturated rings. The number of nitrogens with one attached hydrogen (secondary N) is 2. The molecule has 0 unspecified atom stereocenters. The summed E-state index contributed by atoms with van der Waals surface area (Å²) < 4.78 is 6.68. The molecule has 0 heterocycles. The molecule has 25 heavy (non-hydrogen) atoms. The Morgan fingerprint density at radius 3 is 2.68 bits per heavy atom. The minimum atomic E-state index is -0.298. The fourth-order valence-corrected chi connectivity index (χ4v) is 2.69. The number of halogens is 1. The average molecular weight is 421 g/mol. The smallest absolute Gasteiger partial charge is 0.261 e. The topological polar surface area (TPSA) is 50.4 Å². The van der Waals surface area contributed by atoms with Crippen molar-refractivity contribution in [3.8, 4) is 5.75 Å². The highest BCUT2D eigenvalue weighted by Crippen LogP contribution is 2.19. The summed E-state index contributed by atoms with van der Waals surface area (Å²) in [7, 11) is 0. The molecule has 0 aliphatic carbocycles. The molecule has 2 aromatic carbocycles. The SMILES string of the molecule is CC(C)CCOc1ccccc1C(=O)NC(=S)Nc1cccc(Br)c1. The van der Waals surface area contributed by atoms with Crippen molar-refractivity contribution in [2.45, 2.75) is 20.3 Å². The zero-order valence-electron chi connectivity index (χ0n) is 14.2. The van der Waals surface area contributed by atoms with Crippen LogP contribution in [0.5, 0.6) is 5.75 Å². The Bertz CT molecular complexity index is 750. The Labute approximate surface area is 162 Å². The van der Waals surface area contributed by atoms with Gasteiger partial charge >= 0.3 is 0 Å². The summed E-state index contributed by atoms with van der Waals surface area (Å²) in [6.07, 6.45) is 0.929. The highest BCUT2D eigenvalue weighted by Gasteiger charge is 2.13. The van der Waals surface area contributed by atoms with Crippen LogP contribution in [0.25, 0.3) is 0 Å². The van der Waals surface area contributed by atoms with Gasteiger partial charge in [-0.25, -0.2) is 0 Å². The van der Waals surface area contributed by atoms with Crippen LogP contribution in [-0.2, 0) is 0 Å². The fraction of sp³-hybridized carbons (Fsp3) is 0.263. The van der Waals surface area contributed by atoms with Crippen LogP contribution in [0.4, 0.5) is 5.69 Å². The summed E-state index contributed by atoms with van der Waals surface area (Å²) in [4.78, 5) is 12.5. The van der Waals surface area contributed by atoms with Gasteiger partial charge in [0.05, 0.1) is 12.2 Å². The zero-order chi connectivity index (χ0) is 18.2. The number of rotatable bonds is 6. The first-order valence-electron chi connectivity index (χ1n) is 8.05. The third kappa shape index (κ3) is 6.48. The first kappa shape index (κ1) is 19.4. The Morgan fingerprint density at radius 2 is 1.96 bits per heavy atom. The van der Waals surface area contributed by atoms with Gasteiger partial charge in [0.2, 0.25) is 0 Å². The minimum Gasteiger partial charge on any atom is -0.493 e. The zero-order valence-corrected chi connectivity index (χ0v) is 16.6. The maximum Gasteiger partial charge on any atom is 0.261 e. The molecule has 0 saturated carbocycles. The van der Waals surface area contributed by atoms with Crippen LogP contribution >= 0.6 is 28.1 Å². The van der Waals surface area contributed by atoms with Crippen molar-refractivity contribution in [1.82, 2.24) is 5.32 Å². The Kier molecular flexibility index (Phi) is 7.40. The molecule has 0 aromatic heterocycles. The molecule has 0 saturated heterocycles. The maximum atomic E-state index is 12.5. The molecule has 6 heteroatoms. The molecular formula is C19H21BrN2O2S. The van der Waals surface area contributed by atoms with E-state index in [0.29, 0.717) is 23.8 Å². The monoisotopic (exact) mass is 420 g/mol. The van der Waals surface area contributed by atoms with E-state index in [9.17, 15) is 4.79 Å². The molecule has 0 aliphatic heterocycles. The van der Waals surface area contributed by atoms with Crippen molar-refractivity contribution in [1.29, 1.82) is 0 Å². The molecule has 0 radical (unpaired) electrons. The third-order valence-corrected chi connectivity index (χ3v) is 4.09. The summed E-state index contributed by atoms with van der Waals surface area (Å²) in [5.74, 6) is 0.807. The highest BCUT2D eigenvalue weighted by molar-refractivity contribution is 9.10. The lowest BCUT2D eigenvalue weighted by Crippen LogP contribution is -2.34. The second-order valence-electron chi connectivity index (χ2n) is 5.95. The summed E-state index contributed by atoms with van der Waals surface area (Å²) in [5.41, 5.74) is 1.26. The summed E-state index contributed by atoms with van der Waals surface area (Å²) in [6, 6.07) is 14.7. The van der Waals surface area contributed by atoms with Crippen molar-refractivity contribution in [2.75, 3.05) is 11.9 Å². The molecule has 4 nitrogen and oxygen atoms in total. The lowest BCUT2D eigenvalue weighted by atomic mass is 10.1. The van der Waals surface area contributed by atoms with Gasteiger partial charge in [0, 0.05) is 10.2 Å². The third-order valence-electron chi connectivity index (χ3n) is 3.39. The number of hydrogen-bond acceptors (Lipinski definition) is 3.